The Morgan fingerprint density at radius 2 is 2.00 bits per heavy atom. The molecule has 186 valence electrons. The van der Waals surface area contributed by atoms with Crippen molar-refractivity contribution in [2.75, 3.05) is 26.3 Å². The minimum atomic E-state index is 0.147. The summed E-state index contributed by atoms with van der Waals surface area (Å²) in [4.78, 5) is 0. The third-order valence-corrected chi connectivity index (χ3v) is 10.2. The Balaban J connectivity index is 1.49. The van der Waals surface area contributed by atoms with Crippen LogP contribution in [0.3, 0.4) is 0 Å². The molecule has 3 fully saturated rings. The number of piperidine rings is 1. The predicted octanol–water partition coefficient (Wildman–Crippen LogP) is 3.61. The fraction of sp³-hybridized carbons (Fsp3) is 0.857. The van der Waals surface area contributed by atoms with Gasteiger partial charge in [-0.25, -0.2) is 0 Å². The van der Waals surface area contributed by atoms with E-state index in [9.17, 15) is 10.2 Å². The van der Waals surface area contributed by atoms with Crippen LogP contribution in [0.5, 0.6) is 0 Å². The first-order valence-electron chi connectivity index (χ1n) is 13.8. The second-order valence-corrected chi connectivity index (χ2v) is 11.8. The van der Waals surface area contributed by atoms with Gasteiger partial charge in [-0.3, -0.25) is 0 Å². The Morgan fingerprint density at radius 1 is 1.12 bits per heavy atom. The van der Waals surface area contributed by atoms with Crippen LogP contribution in [-0.4, -0.2) is 48.7 Å². The number of hydrogen-bond acceptors (Lipinski definition) is 5. The molecule has 2 aliphatic heterocycles. The van der Waals surface area contributed by atoms with Crippen molar-refractivity contribution in [1.29, 1.82) is 0 Å². The van der Waals surface area contributed by atoms with Gasteiger partial charge in [0.15, 0.2) is 0 Å². The molecule has 2 saturated heterocycles. The fourth-order valence-electron chi connectivity index (χ4n) is 8.56. The summed E-state index contributed by atoms with van der Waals surface area (Å²) in [5.41, 5.74) is 7.03. The molecule has 1 saturated carbocycles. The Hall–Kier alpha value is -0.880. The molecule has 0 aromatic carbocycles. The highest BCUT2D eigenvalue weighted by Crippen LogP contribution is 2.57. The van der Waals surface area contributed by atoms with Gasteiger partial charge >= 0.3 is 0 Å². The highest BCUT2D eigenvalue weighted by atomic mass is 16.5. The van der Waals surface area contributed by atoms with Crippen molar-refractivity contribution in [3.63, 3.8) is 0 Å². The molecule has 5 aliphatic rings. The van der Waals surface area contributed by atoms with E-state index in [0.717, 1.165) is 44.7 Å². The van der Waals surface area contributed by atoms with Crippen molar-refractivity contribution in [1.82, 2.24) is 5.32 Å². The quantitative estimate of drug-likeness (QED) is 0.457. The largest absolute Gasteiger partial charge is 0.494 e. The van der Waals surface area contributed by atoms with Crippen LogP contribution in [-0.2, 0) is 4.74 Å². The van der Waals surface area contributed by atoms with Crippen LogP contribution in [0.2, 0.25) is 0 Å². The molecule has 0 bridgehead atoms. The van der Waals surface area contributed by atoms with Gasteiger partial charge < -0.3 is 26.0 Å². The number of hydrogen-bond donors (Lipinski definition) is 4. The van der Waals surface area contributed by atoms with Crippen LogP contribution in [0.1, 0.15) is 64.7 Å². The first kappa shape index (κ1) is 23.8. The summed E-state index contributed by atoms with van der Waals surface area (Å²) < 4.78 is 6.84. The third-order valence-electron chi connectivity index (χ3n) is 10.2. The van der Waals surface area contributed by atoms with Gasteiger partial charge in [-0.1, -0.05) is 13.0 Å². The van der Waals surface area contributed by atoms with Gasteiger partial charge in [-0.05, 0) is 112 Å². The van der Waals surface area contributed by atoms with E-state index < -0.39 is 0 Å². The summed E-state index contributed by atoms with van der Waals surface area (Å²) in [5, 5.41) is 24.4. The van der Waals surface area contributed by atoms with Crippen LogP contribution >= 0.6 is 0 Å². The lowest BCUT2D eigenvalue weighted by molar-refractivity contribution is -0.126. The molecule has 5 heteroatoms. The van der Waals surface area contributed by atoms with E-state index in [1.54, 1.807) is 0 Å². The van der Waals surface area contributed by atoms with Crippen molar-refractivity contribution < 1.29 is 14.9 Å². The van der Waals surface area contributed by atoms with E-state index in [0.29, 0.717) is 47.7 Å². The summed E-state index contributed by atoms with van der Waals surface area (Å²) in [5.74, 6) is 5.25. The molecule has 10 atom stereocenters. The molecule has 5 nitrogen and oxygen atoms in total. The normalized spacial score (nSPS) is 45.1. The molecule has 0 aromatic rings. The van der Waals surface area contributed by atoms with Crippen LogP contribution in [0.4, 0.5) is 0 Å². The number of aliphatic hydroxyl groups is 2. The summed E-state index contributed by atoms with van der Waals surface area (Å²) in [6.07, 6.45) is 15.4. The maximum atomic E-state index is 10.5. The highest BCUT2D eigenvalue weighted by molar-refractivity contribution is 5.20. The lowest BCUT2D eigenvalue weighted by Gasteiger charge is -2.57. The van der Waals surface area contributed by atoms with Gasteiger partial charge in [0.2, 0.25) is 0 Å². The average Bonchev–Trinajstić information content (AvgIpc) is 2.85. The molecule has 5 rings (SSSR count). The summed E-state index contributed by atoms with van der Waals surface area (Å²) >= 11 is 0. The van der Waals surface area contributed by atoms with Gasteiger partial charge in [0.05, 0.1) is 12.4 Å². The zero-order valence-corrected chi connectivity index (χ0v) is 20.5. The number of ether oxygens (including phenoxy) is 1. The van der Waals surface area contributed by atoms with Gasteiger partial charge in [0, 0.05) is 30.9 Å². The lowest BCUT2D eigenvalue weighted by Crippen LogP contribution is -2.57. The first-order valence-corrected chi connectivity index (χ1v) is 13.8. The van der Waals surface area contributed by atoms with Gasteiger partial charge in [0.1, 0.15) is 6.10 Å². The zero-order chi connectivity index (χ0) is 22.9. The van der Waals surface area contributed by atoms with Crippen LogP contribution in [0.15, 0.2) is 23.5 Å². The average molecular weight is 459 g/mol. The molecule has 3 aliphatic carbocycles. The standard InChI is InChI=1S/C28H46N2O3/c1-17-20(15-31)7-8-21(16-32)27(17)28-22-12-18(4-2-10-29)6-9-25(22)33-26-14-24-19(13-23(26)28)5-3-11-30-24/h7,9,17-19,21-24,26-28,30-32H,2-6,8,10-16,29H2,1H3. The first-order chi connectivity index (χ1) is 16.1. The summed E-state index contributed by atoms with van der Waals surface area (Å²) in [7, 11) is 0. The second-order valence-electron chi connectivity index (χ2n) is 11.8. The molecular weight excluding hydrogens is 412 g/mol. The molecule has 2 heterocycles. The van der Waals surface area contributed by atoms with Gasteiger partial charge in [-0.2, -0.15) is 0 Å². The van der Waals surface area contributed by atoms with Crippen LogP contribution in [0.25, 0.3) is 0 Å². The second kappa shape index (κ2) is 10.4. The van der Waals surface area contributed by atoms with E-state index in [1.165, 1.54) is 43.4 Å². The molecule has 0 radical (unpaired) electrons. The van der Waals surface area contributed by atoms with Gasteiger partial charge in [0.25, 0.3) is 0 Å². The summed E-state index contributed by atoms with van der Waals surface area (Å²) in [6.45, 7) is 4.62. The van der Waals surface area contributed by atoms with E-state index >= 15 is 0 Å². The Bertz CT molecular complexity index is 737. The van der Waals surface area contributed by atoms with E-state index in [2.05, 4.69) is 24.4 Å². The number of nitrogens with one attached hydrogen (secondary N) is 1. The molecule has 0 aromatic heterocycles. The number of allylic oxidation sites excluding steroid dienone is 3. The number of fused-ring (bicyclic) bond motifs is 3. The van der Waals surface area contributed by atoms with E-state index in [1.807, 2.05) is 0 Å². The Kier molecular flexibility index (Phi) is 7.51. The molecule has 10 unspecified atom stereocenters. The topological polar surface area (TPSA) is 87.7 Å². The van der Waals surface area contributed by atoms with Gasteiger partial charge in [-0.15, -0.1) is 0 Å². The SMILES string of the molecule is CC1C(CO)=CCC(CO)C1C1C2CC(CCCN)CC=C2OC2CC3NCCCC3CC21. The summed E-state index contributed by atoms with van der Waals surface area (Å²) in [6, 6.07) is 0.601. The molecular formula is C28H46N2O3. The predicted molar refractivity (Wildman–Crippen MR) is 131 cm³/mol. The zero-order valence-electron chi connectivity index (χ0n) is 20.5. The molecule has 33 heavy (non-hydrogen) atoms. The Morgan fingerprint density at radius 3 is 2.79 bits per heavy atom. The van der Waals surface area contributed by atoms with Crippen LogP contribution < -0.4 is 11.1 Å². The number of nitrogens with two attached hydrogens (primary N) is 1. The minimum Gasteiger partial charge on any atom is -0.494 e. The van der Waals surface area contributed by atoms with E-state index in [-0.39, 0.29) is 19.1 Å². The molecule has 0 amide bonds. The maximum absolute atomic E-state index is 10.5. The number of aliphatic hydroxyl groups excluding tert-OH is 2. The maximum Gasteiger partial charge on any atom is 0.103 e. The fourth-order valence-corrected chi connectivity index (χ4v) is 8.56. The van der Waals surface area contributed by atoms with Crippen molar-refractivity contribution in [3.8, 4) is 0 Å². The van der Waals surface area contributed by atoms with Crippen LogP contribution in [0, 0.1) is 47.3 Å². The lowest BCUT2D eigenvalue weighted by atomic mass is 9.53. The molecule has 0 spiro atoms. The molecule has 5 N–H and O–H groups in total. The number of rotatable bonds is 6. The Labute approximate surface area is 200 Å². The van der Waals surface area contributed by atoms with E-state index in [4.69, 9.17) is 10.5 Å². The smallest absolute Gasteiger partial charge is 0.103 e. The highest BCUT2D eigenvalue weighted by Gasteiger charge is 2.54. The third kappa shape index (κ3) is 4.55. The van der Waals surface area contributed by atoms with Crippen molar-refractivity contribution in [2.24, 2.45) is 53.1 Å². The van der Waals surface area contributed by atoms with Crippen molar-refractivity contribution >= 4 is 0 Å². The van der Waals surface area contributed by atoms with Crippen molar-refractivity contribution in [2.45, 2.75) is 76.9 Å². The minimum absolute atomic E-state index is 0.147. The van der Waals surface area contributed by atoms with Crippen molar-refractivity contribution in [3.05, 3.63) is 23.5 Å². The monoisotopic (exact) mass is 458 g/mol.